The standard InChI is InChI=1S/C15H14ClFN2O2/c1-2-21-14-6-4-10(8-13(14)17)19-15(20)11-7-9(18)3-5-12(11)16/h3-8H,2,18H2,1H3,(H,19,20). The van der Waals surface area contributed by atoms with Crippen LogP contribution in [-0.2, 0) is 0 Å². The van der Waals surface area contributed by atoms with Crippen molar-refractivity contribution in [1.82, 2.24) is 0 Å². The highest BCUT2D eigenvalue weighted by Crippen LogP contribution is 2.23. The number of rotatable bonds is 4. The van der Waals surface area contributed by atoms with Crippen LogP contribution in [0.1, 0.15) is 17.3 Å². The topological polar surface area (TPSA) is 64.3 Å². The van der Waals surface area contributed by atoms with Gasteiger partial charge in [0.15, 0.2) is 11.6 Å². The fraction of sp³-hybridized carbons (Fsp3) is 0.133. The number of carbonyl (C=O) groups excluding carboxylic acids is 1. The van der Waals surface area contributed by atoms with Gasteiger partial charge in [-0.25, -0.2) is 4.39 Å². The first-order valence-corrected chi connectivity index (χ1v) is 6.67. The molecule has 0 unspecified atom stereocenters. The normalized spacial score (nSPS) is 10.2. The molecular formula is C15H14ClFN2O2. The van der Waals surface area contributed by atoms with Crippen molar-refractivity contribution < 1.29 is 13.9 Å². The molecule has 2 aromatic rings. The first-order chi connectivity index (χ1) is 10.0. The predicted octanol–water partition coefficient (Wildman–Crippen LogP) is 3.71. The molecule has 0 saturated carbocycles. The number of hydrogen-bond donors (Lipinski definition) is 2. The Kier molecular flexibility index (Phi) is 4.65. The number of amides is 1. The monoisotopic (exact) mass is 308 g/mol. The minimum absolute atomic E-state index is 0.137. The second-order valence-corrected chi connectivity index (χ2v) is 4.68. The summed E-state index contributed by atoms with van der Waals surface area (Å²) in [6.07, 6.45) is 0. The minimum atomic E-state index is -0.548. The van der Waals surface area contributed by atoms with Gasteiger partial charge in [-0.15, -0.1) is 0 Å². The molecule has 110 valence electrons. The maximum atomic E-state index is 13.7. The van der Waals surface area contributed by atoms with Gasteiger partial charge >= 0.3 is 0 Å². The predicted molar refractivity (Wildman–Crippen MR) is 81.4 cm³/mol. The summed E-state index contributed by atoms with van der Waals surface area (Å²) in [5, 5.41) is 2.83. The maximum absolute atomic E-state index is 13.7. The average Bonchev–Trinajstić information content (AvgIpc) is 2.44. The number of halogens is 2. The van der Waals surface area contributed by atoms with Crippen molar-refractivity contribution in [3.63, 3.8) is 0 Å². The molecule has 3 N–H and O–H groups in total. The Labute approximate surface area is 126 Å². The van der Waals surface area contributed by atoms with Gasteiger partial charge in [0.05, 0.1) is 17.2 Å². The molecule has 6 heteroatoms. The van der Waals surface area contributed by atoms with Crippen molar-refractivity contribution in [2.45, 2.75) is 6.92 Å². The molecule has 4 nitrogen and oxygen atoms in total. The summed E-state index contributed by atoms with van der Waals surface area (Å²) in [4.78, 5) is 12.1. The third-order valence-corrected chi connectivity index (χ3v) is 3.05. The zero-order valence-corrected chi connectivity index (χ0v) is 12.1. The number of benzene rings is 2. The highest BCUT2D eigenvalue weighted by Gasteiger charge is 2.12. The Balaban J connectivity index is 2.19. The van der Waals surface area contributed by atoms with Crippen LogP contribution in [-0.4, -0.2) is 12.5 Å². The Bertz CT molecular complexity index is 677. The number of hydrogen-bond acceptors (Lipinski definition) is 3. The smallest absolute Gasteiger partial charge is 0.257 e. The summed E-state index contributed by atoms with van der Waals surface area (Å²) in [5.41, 5.74) is 6.57. The van der Waals surface area contributed by atoms with E-state index in [9.17, 15) is 9.18 Å². The van der Waals surface area contributed by atoms with E-state index < -0.39 is 11.7 Å². The molecule has 0 aliphatic rings. The average molecular weight is 309 g/mol. The van der Waals surface area contributed by atoms with E-state index in [-0.39, 0.29) is 16.3 Å². The summed E-state index contributed by atoms with van der Waals surface area (Å²) in [5.74, 6) is -0.873. The van der Waals surface area contributed by atoms with Gasteiger partial charge in [-0.1, -0.05) is 11.6 Å². The van der Waals surface area contributed by atoms with Crippen LogP contribution in [0.4, 0.5) is 15.8 Å². The lowest BCUT2D eigenvalue weighted by atomic mass is 10.2. The zero-order valence-electron chi connectivity index (χ0n) is 11.3. The van der Waals surface area contributed by atoms with Crippen molar-refractivity contribution in [2.75, 3.05) is 17.7 Å². The largest absolute Gasteiger partial charge is 0.491 e. The molecule has 0 saturated heterocycles. The molecule has 2 rings (SSSR count). The first-order valence-electron chi connectivity index (χ1n) is 6.30. The Morgan fingerprint density at radius 1 is 1.33 bits per heavy atom. The summed E-state index contributed by atoms with van der Waals surface area (Å²) in [7, 11) is 0. The lowest BCUT2D eigenvalue weighted by molar-refractivity contribution is 0.102. The van der Waals surface area contributed by atoms with E-state index in [1.807, 2.05) is 0 Å². The first kappa shape index (κ1) is 15.1. The summed E-state index contributed by atoms with van der Waals surface area (Å²) in [6, 6.07) is 8.77. The highest BCUT2D eigenvalue weighted by molar-refractivity contribution is 6.34. The lowest BCUT2D eigenvalue weighted by Crippen LogP contribution is -2.13. The van der Waals surface area contributed by atoms with Gasteiger partial charge in [0.25, 0.3) is 5.91 Å². The van der Waals surface area contributed by atoms with Gasteiger partial charge < -0.3 is 15.8 Å². The van der Waals surface area contributed by atoms with Crippen LogP contribution in [0.3, 0.4) is 0 Å². The van der Waals surface area contributed by atoms with Crippen molar-refractivity contribution in [3.8, 4) is 5.75 Å². The fourth-order valence-corrected chi connectivity index (χ4v) is 1.97. The Morgan fingerprint density at radius 3 is 2.76 bits per heavy atom. The third kappa shape index (κ3) is 3.64. The molecule has 0 heterocycles. The van der Waals surface area contributed by atoms with Gasteiger partial charge in [-0.3, -0.25) is 4.79 Å². The Hall–Kier alpha value is -2.27. The molecule has 0 bridgehead atoms. The van der Waals surface area contributed by atoms with E-state index in [0.29, 0.717) is 18.0 Å². The summed E-state index contributed by atoms with van der Waals surface area (Å²) >= 11 is 5.94. The van der Waals surface area contributed by atoms with E-state index in [0.717, 1.165) is 0 Å². The lowest BCUT2D eigenvalue weighted by Gasteiger charge is -2.09. The van der Waals surface area contributed by atoms with Crippen LogP contribution in [0.25, 0.3) is 0 Å². The number of carbonyl (C=O) groups is 1. The van der Waals surface area contributed by atoms with Crippen LogP contribution < -0.4 is 15.8 Å². The molecule has 21 heavy (non-hydrogen) atoms. The highest BCUT2D eigenvalue weighted by atomic mass is 35.5. The Morgan fingerprint density at radius 2 is 2.10 bits per heavy atom. The fourth-order valence-electron chi connectivity index (χ4n) is 1.77. The van der Waals surface area contributed by atoms with Gasteiger partial charge in [-0.05, 0) is 37.3 Å². The summed E-state index contributed by atoms with van der Waals surface area (Å²) < 4.78 is 18.8. The molecule has 0 spiro atoms. The molecular weight excluding hydrogens is 295 g/mol. The van der Waals surface area contributed by atoms with E-state index in [4.69, 9.17) is 22.1 Å². The van der Waals surface area contributed by atoms with E-state index in [1.54, 1.807) is 19.1 Å². The molecule has 0 aromatic heterocycles. The van der Waals surface area contributed by atoms with Crippen molar-refractivity contribution >= 4 is 28.9 Å². The molecule has 0 radical (unpaired) electrons. The quantitative estimate of drug-likeness (QED) is 0.846. The van der Waals surface area contributed by atoms with Gasteiger partial charge in [0.2, 0.25) is 0 Å². The SMILES string of the molecule is CCOc1ccc(NC(=O)c2cc(N)ccc2Cl)cc1F. The third-order valence-electron chi connectivity index (χ3n) is 2.72. The molecule has 0 aliphatic heterocycles. The van der Waals surface area contributed by atoms with Crippen LogP contribution in [0.5, 0.6) is 5.75 Å². The number of nitrogens with two attached hydrogens (primary N) is 1. The number of nitrogens with one attached hydrogen (secondary N) is 1. The second kappa shape index (κ2) is 6.45. The van der Waals surface area contributed by atoms with Gasteiger partial charge in [-0.2, -0.15) is 0 Å². The number of nitrogen functional groups attached to an aromatic ring is 1. The zero-order chi connectivity index (χ0) is 15.4. The van der Waals surface area contributed by atoms with Crippen LogP contribution in [0.15, 0.2) is 36.4 Å². The van der Waals surface area contributed by atoms with E-state index >= 15 is 0 Å². The minimum Gasteiger partial charge on any atom is -0.491 e. The van der Waals surface area contributed by atoms with Crippen LogP contribution in [0, 0.1) is 5.82 Å². The number of anilines is 2. The maximum Gasteiger partial charge on any atom is 0.257 e. The van der Waals surface area contributed by atoms with Gasteiger partial charge in [0, 0.05) is 17.4 Å². The van der Waals surface area contributed by atoms with E-state index in [2.05, 4.69) is 5.32 Å². The molecule has 0 aliphatic carbocycles. The molecule has 0 fully saturated rings. The van der Waals surface area contributed by atoms with Crippen molar-refractivity contribution in [3.05, 3.63) is 52.8 Å². The van der Waals surface area contributed by atoms with Crippen LogP contribution in [0.2, 0.25) is 5.02 Å². The van der Waals surface area contributed by atoms with Crippen molar-refractivity contribution in [2.24, 2.45) is 0 Å². The second-order valence-electron chi connectivity index (χ2n) is 4.27. The van der Waals surface area contributed by atoms with E-state index in [1.165, 1.54) is 24.3 Å². The molecule has 1 amide bonds. The molecule has 2 aromatic carbocycles. The summed E-state index contributed by atoms with van der Waals surface area (Å²) in [6.45, 7) is 2.12. The van der Waals surface area contributed by atoms with Crippen molar-refractivity contribution in [1.29, 1.82) is 0 Å². The number of ether oxygens (including phenoxy) is 1. The molecule has 0 atom stereocenters. The van der Waals surface area contributed by atoms with Crippen LogP contribution >= 0.6 is 11.6 Å². The van der Waals surface area contributed by atoms with Gasteiger partial charge in [0.1, 0.15) is 0 Å².